The van der Waals surface area contributed by atoms with Crippen LogP contribution in [-0.4, -0.2) is 36.7 Å². The largest absolute Gasteiger partial charge is 0.490 e. The number of hydrogen-bond donors (Lipinski definition) is 3. The van der Waals surface area contributed by atoms with E-state index in [4.69, 9.17) is 39.6 Å². The van der Waals surface area contributed by atoms with Crippen LogP contribution in [-0.2, 0) is 0 Å². The Bertz CT molecular complexity index is 682. The molecule has 0 radical (unpaired) electrons. The standard InChI is InChI=1S/C12H13Cl2F4N5O2/c1-23(20)11(22-19)21-10(24)7-6(15)4-5(13)9(8(7)14)25-3-2-12(16,17)18/h4H,2-3,19-20H2,1H3,(H,21,22,24). The highest BCUT2D eigenvalue weighted by atomic mass is 35.5. The summed E-state index contributed by atoms with van der Waals surface area (Å²) in [7, 11) is 1.29. The first-order chi connectivity index (χ1) is 11.5. The lowest BCUT2D eigenvalue weighted by Gasteiger charge is -2.17. The minimum absolute atomic E-state index is 0.324. The maximum absolute atomic E-state index is 14.0. The van der Waals surface area contributed by atoms with Gasteiger partial charge in [-0.25, -0.2) is 10.2 Å². The van der Waals surface area contributed by atoms with Crippen molar-refractivity contribution in [2.45, 2.75) is 12.6 Å². The minimum Gasteiger partial charge on any atom is -0.490 e. The highest BCUT2D eigenvalue weighted by molar-refractivity contribution is 6.39. The van der Waals surface area contributed by atoms with Gasteiger partial charge in [0.2, 0.25) is 5.96 Å². The zero-order valence-electron chi connectivity index (χ0n) is 12.6. The Hall–Kier alpha value is -1.98. The Balaban J connectivity index is 3.12. The second kappa shape index (κ2) is 8.41. The number of nitrogens with two attached hydrogens (primary N) is 2. The molecule has 0 bridgehead atoms. The molecule has 0 aliphatic carbocycles. The molecule has 0 aromatic heterocycles. The van der Waals surface area contributed by atoms with E-state index < -0.39 is 52.3 Å². The van der Waals surface area contributed by atoms with Gasteiger partial charge < -0.3 is 10.6 Å². The quantitative estimate of drug-likeness (QED) is 0.234. The number of hydrogen-bond acceptors (Lipinski definition) is 5. The van der Waals surface area contributed by atoms with Crippen molar-refractivity contribution in [3.63, 3.8) is 0 Å². The van der Waals surface area contributed by atoms with Crippen molar-refractivity contribution in [2.24, 2.45) is 16.8 Å². The summed E-state index contributed by atoms with van der Waals surface area (Å²) in [6.45, 7) is -0.823. The zero-order chi connectivity index (χ0) is 19.4. The summed E-state index contributed by atoms with van der Waals surface area (Å²) in [5.74, 6) is 7.32. The van der Waals surface area contributed by atoms with Crippen molar-refractivity contribution in [1.82, 2.24) is 10.3 Å². The van der Waals surface area contributed by atoms with Gasteiger partial charge >= 0.3 is 6.18 Å². The van der Waals surface area contributed by atoms with Crippen LogP contribution in [0.1, 0.15) is 16.8 Å². The van der Waals surface area contributed by atoms with E-state index in [2.05, 4.69) is 10.4 Å². The molecule has 1 aromatic carbocycles. The number of rotatable bonds is 4. The van der Waals surface area contributed by atoms with Crippen LogP contribution in [0.15, 0.2) is 11.2 Å². The number of hydrazone groups is 1. The summed E-state index contributed by atoms with van der Waals surface area (Å²) in [6.07, 6.45) is -5.77. The van der Waals surface area contributed by atoms with Crippen molar-refractivity contribution in [3.8, 4) is 5.75 Å². The van der Waals surface area contributed by atoms with Crippen molar-refractivity contribution in [3.05, 3.63) is 27.5 Å². The van der Waals surface area contributed by atoms with Gasteiger partial charge in [-0.3, -0.25) is 15.1 Å². The average Bonchev–Trinajstić information content (AvgIpc) is 2.46. The van der Waals surface area contributed by atoms with E-state index in [1.165, 1.54) is 7.05 Å². The van der Waals surface area contributed by atoms with Crippen LogP contribution >= 0.6 is 23.2 Å². The molecular weight excluding hydrogens is 393 g/mol. The Labute approximate surface area is 149 Å². The van der Waals surface area contributed by atoms with E-state index in [-0.39, 0.29) is 5.96 Å². The molecule has 0 fully saturated rings. The van der Waals surface area contributed by atoms with E-state index in [9.17, 15) is 22.4 Å². The number of nitrogens with zero attached hydrogens (tertiary/aromatic N) is 2. The van der Waals surface area contributed by atoms with Gasteiger partial charge in [0, 0.05) is 7.05 Å². The van der Waals surface area contributed by atoms with Crippen LogP contribution in [0.4, 0.5) is 17.6 Å². The maximum Gasteiger partial charge on any atom is 0.392 e. The number of nitrogens with one attached hydrogen (secondary N) is 1. The summed E-state index contributed by atoms with van der Waals surface area (Å²) in [6, 6.07) is 0.677. The van der Waals surface area contributed by atoms with Gasteiger partial charge in [-0.1, -0.05) is 23.2 Å². The van der Waals surface area contributed by atoms with Crippen LogP contribution in [0.5, 0.6) is 5.75 Å². The molecule has 25 heavy (non-hydrogen) atoms. The van der Waals surface area contributed by atoms with Crippen molar-refractivity contribution in [1.29, 1.82) is 0 Å². The van der Waals surface area contributed by atoms with Crippen molar-refractivity contribution in [2.75, 3.05) is 13.7 Å². The van der Waals surface area contributed by atoms with E-state index in [1.54, 1.807) is 0 Å². The number of hydrazine groups is 1. The highest BCUT2D eigenvalue weighted by Gasteiger charge is 2.28. The number of benzene rings is 1. The highest BCUT2D eigenvalue weighted by Crippen LogP contribution is 2.37. The first-order valence-corrected chi connectivity index (χ1v) is 7.18. The summed E-state index contributed by atoms with van der Waals surface area (Å²) in [5, 5.41) is 5.07. The molecule has 1 rings (SSSR count). The molecule has 0 aliphatic rings. The molecule has 0 saturated heterocycles. The Morgan fingerprint density at radius 2 is 2.04 bits per heavy atom. The number of ether oxygens (including phenoxy) is 1. The number of halogens is 6. The van der Waals surface area contributed by atoms with Crippen molar-refractivity contribution < 1.29 is 27.1 Å². The minimum atomic E-state index is -4.47. The Morgan fingerprint density at radius 3 is 2.52 bits per heavy atom. The van der Waals surface area contributed by atoms with E-state index in [0.29, 0.717) is 6.07 Å². The number of amides is 1. The molecule has 0 saturated carbocycles. The van der Waals surface area contributed by atoms with Gasteiger partial charge in [-0.05, 0) is 6.07 Å². The molecule has 1 amide bonds. The lowest BCUT2D eigenvalue weighted by atomic mass is 10.2. The van der Waals surface area contributed by atoms with Crippen LogP contribution in [0, 0.1) is 5.82 Å². The van der Waals surface area contributed by atoms with Gasteiger partial charge in [-0.2, -0.15) is 13.2 Å². The lowest BCUT2D eigenvalue weighted by molar-refractivity contribution is -0.139. The number of carbonyl (C=O) groups is 1. The number of guanidine groups is 1. The van der Waals surface area contributed by atoms with E-state index in [0.717, 1.165) is 5.01 Å². The predicted octanol–water partition coefficient (Wildman–Crippen LogP) is 2.23. The fourth-order valence-electron chi connectivity index (χ4n) is 1.56. The molecule has 0 unspecified atom stereocenters. The molecular formula is C12H13Cl2F4N5O2. The van der Waals surface area contributed by atoms with Crippen LogP contribution in [0.2, 0.25) is 10.0 Å². The van der Waals surface area contributed by atoms with E-state index in [1.807, 2.05) is 0 Å². The summed E-state index contributed by atoms with van der Waals surface area (Å²) < 4.78 is 55.4. The monoisotopic (exact) mass is 405 g/mol. The number of alkyl halides is 3. The lowest BCUT2D eigenvalue weighted by Crippen LogP contribution is -2.46. The first-order valence-electron chi connectivity index (χ1n) is 6.42. The third-order valence-corrected chi connectivity index (χ3v) is 3.31. The van der Waals surface area contributed by atoms with Gasteiger partial charge in [0.15, 0.2) is 5.75 Å². The van der Waals surface area contributed by atoms with Gasteiger partial charge in [0.25, 0.3) is 5.91 Å². The topological polar surface area (TPSA) is 106 Å². The molecule has 5 N–H and O–H groups in total. The van der Waals surface area contributed by atoms with Crippen LogP contribution < -0.4 is 21.7 Å². The van der Waals surface area contributed by atoms with Gasteiger partial charge in [-0.15, -0.1) is 5.10 Å². The second-order valence-electron chi connectivity index (χ2n) is 4.59. The second-order valence-corrected chi connectivity index (χ2v) is 5.37. The first kappa shape index (κ1) is 21.1. The van der Waals surface area contributed by atoms with Crippen LogP contribution in [0.25, 0.3) is 0 Å². The SMILES string of the molecule is CN(N)/C(=N\N)NC(=O)c1c(F)cc(Cl)c(OCCC(F)(F)F)c1Cl. The Morgan fingerprint density at radius 1 is 1.44 bits per heavy atom. The average molecular weight is 406 g/mol. The smallest absolute Gasteiger partial charge is 0.392 e. The summed E-state index contributed by atoms with van der Waals surface area (Å²) in [4.78, 5) is 12.1. The molecule has 13 heteroatoms. The van der Waals surface area contributed by atoms with Crippen molar-refractivity contribution >= 4 is 35.1 Å². The molecule has 0 heterocycles. The summed E-state index contributed by atoms with van der Waals surface area (Å²) in [5.41, 5.74) is -0.726. The third kappa shape index (κ3) is 5.80. The molecule has 0 aliphatic heterocycles. The Kier molecular flexibility index (Phi) is 7.08. The zero-order valence-corrected chi connectivity index (χ0v) is 14.1. The predicted molar refractivity (Wildman–Crippen MR) is 83.6 cm³/mol. The van der Waals surface area contributed by atoms with Crippen LogP contribution in [0.3, 0.4) is 0 Å². The molecule has 140 valence electrons. The molecule has 7 nitrogen and oxygen atoms in total. The fourth-order valence-corrected chi connectivity index (χ4v) is 2.18. The van der Waals surface area contributed by atoms with Gasteiger partial charge in [0.1, 0.15) is 5.82 Å². The maximum atomic E-state index is 14.0. The fraction of sp³-hybridized carbons (Fsp3) is 0.333. The molecule has 1 aromatic rings. The molecule has 0 atom stereocenters. The van der Waals surface area contributed by atoms with Gasteiger partial charge in [0.05, 0.1) is 28.6 Å². The van der Waals surface area contributed by atoms with E-state index >= 15 is 0 Å². The normalized spacial score (nSPS) is 12.1. The summed E-state index contributed by atoms with van der Waals surface area (Å²) >= 11 is 11.6. The third-order valence-electron chi connectivity index (χ3n) is 2.67. The number of carbonyl (C=O) groups excluding carboxylic acids is 1. The molecule has 0 spiro atoms.